The second kappa shape index (κ2) is 18.0. The predicted molar refractivity (Wildman–Crippen MR) is 278 cm³/mol. The van der Waals surface area contributed by atoms with Crippen molar-refractivity contribution in [3.05, 3.63) is 192 Å². The summed E-state index contributed by atoms with van der Waals surface area (Å²) in [6, 6.07) is 41.2. The molecule has 67 heavy (non-hydrogen) atoms. The predicted octanol–water partition coefficient (Wildman–Crippen LogP) is 16.4. The normalized spacial score (nSPS) is 15.4. The molecule has 0 saturated carbocycles. The summed E-state index contributed by atoms with van der Waals surface area (Å²) in [6.07, 6.45) is 1.41. The molecule has 0 bridgehead atoms. The van der Waals surface area contributed by atoms with E-state index in [-0.39, 0.29) is 48.8 Å². The number of hydrogen-bond acceptors (Lipinski definition) is 3. The monoisotopic (exact) mass is 1070 g/mol. The Morgan fingerprint density at radius 2 is 1.25 bits per heavy atom. The fourth-order valence-electron chi connectivity index (χ4n) is 8.48. The van der Waals surface area contributed by atoms with E-state index in [9.17, 15) is 5.11 Å². The molecule has 2 heterocycles. The molecule has 1 N–H and O–H groups in total. The quantitative estimate of drug-likeness (QED) is 0.162. The molecule has 0 radical (unpaired) electrons. The number of hydrogen-bond donors (Lipinski definition) is 1. The van der Waals surface area contributed by atoms with E-state index in [1.54, 1.807) is 0 Å². The van der Waals surface area contributed by atoms with Gasteiger partial charge in [0, 0.05) is 50.9 Å². The van der Waals surface area contributed by atoms with Crippen LogP contribution in [0, 0.1) is 19.9 Å². The molecule has 0 aliphatic rings. The SMILES string of the molecule is [2H]c1c([2H])c(C(C([2H])([2H])[2H])(C([2H])([2H])[2H])C([2H])([2H])[2H])c([2H])c([2H])c1-c1ccnc(-c2[c-]c(-c3cccc4c3nc(-c3cc(C)cc(C)c3O)n4-c3cc(C(C)(C)C)ccc3-c3ccc(C(C)(C)C)cc3)cc(-c3ccccc3)c2)c1.[Pt]. The van der Waals surface area contributed by atoms with Crippen molar-refractivity contribution in [1.29, 1.82) is 0 Å². The summed E-state index contributed by atoms with van der Waals surface area (Å²) >= 11 is 0. The largest absolute Gasteiger partial charge is 0.507 e. The summed E-state index contributed by atoms with van der Waals surface area (Å²) in [6.45, 7) is 5.49. The fourth-order valence-corrected chi connectivity index (χ4v) is 8.48. The van der Waals surface area contributed by atoms with Gasteiger partial charge in [0.15, 0.2) is 0 Å². The number of imidazole rings is 1. The first-order valence-electron chi connectivity index (χ1n) is 28.5. The van der Waals surface area contributed by atoms with Gasteiger partial charge in [-0.25, -0.2) is 4.98 Å². The van der Waals surface area contributed by atoms with Crippen molar-refractivity contribution >= 4 is 11.0 Å². The van der Waals surface area contributed by atoms with Gasteiger partial charge in [0.25, 0.3) is 0 Å². The second-order valence-corrected chi connectivity index (χ2v) is 19.2. The Balaban J connectivity index is 0.00000841. The zero-order valence-electron chi connectivity index (χ0n) is 51.8. The van der Waals surface area contributed by atoms with E-state index in [0.717, 1.165) is 44.6 Å². The summed E-state index contributed by atoms with van der Waals surface area (Å²) in [4.78, 5) is 10.2. The number of phenolic OH excluding ortho intramolecular Hbond substituents is 1. The van der Waals surface area contributed by atoms with Crippen LogP contribution in [0.5, 0.6) is 5.75 Å². The van der Waals surface area contributed by atoms with Gasteiger partial charge >= 0.3 is 0 Å². The molecule has 0 spiro atoms. The number of aromatic hydroxyl groups is 1. The maximum absolute atomic E-state index is 12.0. The van der Waals surface area contributed by atoms with Crippen LogP contribution in [0.2, 0.25) is 0 Å². The van der Waals surface area contributed by atoms with E-state index in [4.69, 9.17) is 27.8 Å². The van der Waals surface area contributed by atoms with E-state index in [1.165, 1.54) is 23.9 Å². The summed E-state index contributed by atoms with van der Waals surface area (Å²) < 4.78 is 113. The van der Waals surface area contributed by atoms with E-state index in [1.807, 2.05) is 86.6 Å². The van der Waals surface area contributed by atoms with Gasteiger partial charge in [0.2, 0.25) is 0 Å². The molecule has 4 nitrogen and oxygen atoms in total. The first-order chi connectivity index (χ1) is 36.8. The van der Waals surface area contributed by atoms with Crippen molar-refractivity contribution in [3.8, 4) is 78.6 Å². The standard InChI is InChI=1S/C62H60N3O.Pt/c1-39-32-40(2)58(66)53(33-39)59-64-57-52(18-15-19-55(57)65(59)56-38-50(62(9,10)11)28-29-51(56)43-22-26-49(27-23-43)61(6,7)8)46-34-45(41-16-13-12-14-17-41)35-47(36-46)54-37-44(30-31-63-54)42-20-24-48(25-21-42)60(3,4)5;/h12-35,37-38,66H,1-11H3;/q-1;/i3D3,4D3,5D3,20D,21D,24D,25D;. The third-order valence-electron chi connectivity index (χ3n) is 12.1. The van der Waals surface area contributed by atoms with Crippen LogP contribution in [-0.2, 0) is 37.3 Å². The fraction of sp³-hybridized carbons (Fsp3) is 0.226. The van der Waals surface area contributed by atoms with Crippen LogP contribution in [0.4, 0.5) is 0 Å². The maximum atomic E-state index is 12.0. The summed E-state index contributed by atoms with van der Waals surface area (Å²) in [5.41, 5.74) is 6.76. The van der Waals surface area contributed by atoms with Gasteiger partial charge in [0.1, 0.15) is 11.6 Å². The van der Waals surface area contributed by atoms with Gasteiger partial charge in [-0.2, -0.15) is 0 Å². The van der Waals surface area contributed by atoms with Crippen molar-refractivity contribution in [2.45, 2.75) is 92.2 Å². The Morgan fingerprint density at radius 3 is 1.94 bits per heavy atom. The van der Waals surface area contributed by atoms with Crippen LogP contribution in [0.15, 0.2) is 158 Å². The number of benzene rings is 7. The van der Waals surface area contributed by atoms with E-state index < -0.39 is 55.7 Å². The Kier molecular flexibility index (Phi) is 8.93. The Morgan fingerprint density at radius 1 is 0.567 bits per heavy atom. The number of nitrogens with zero attached hydrogens (tertiary/aromatic N) is 3. The van der Waals surface area contributed by atoms with Gasteiger partial charge in [-0.05, 0) is 104 Å². The molecule has 0 aliphatic heterocycles. The molecule has 340 valence electrons. The van der Waals surface area contributed by atoms with E-state index >= 15 is 0 Å². The number of rotatable bonds is 7. The van der Waals surface area contributed by atoms with Crippen LogP contribution in [0.25, 0.3) is 83.9 Å². The minimum absolute atomic E-state index is 0. The molecule has 2 aromatic heterocycles. The van der Waals surface area contributed by atoms with Crippen LogP contribution in [0.3, 0.4) is 0 Å². The number of aromatic nitrogens is 3. The van der Waals surface area contributed by atoms with E-state index in [2.05, 4.69) is 94.6 Å². The molecule has 0 saturated heterocycles. The van der Waals surface area contributed by atoms with Crippen LogP contribution in [-0.4, -0.2) is 19.6 Å². The van der Waals surface area contributed by atoms with Crippen molar-refractivity contribution in [2.24, 2.45) is 0 Å². The molecule has 5 heteroatoms. The smallest absolute Gasteiger partial charge is 0.148 e. The molecule has 0 aliphatic carbocycles. The number of pyridine rings is 1. The van der Waals surface area contributed by atoms with Gasteiger partial charge in [-0.1, -0.05) is 194 Å². The van der Waals surface area contributed by atoms with Gasteiger partial charge in [-0.15, -0.1) is 23.8 Å². The summed E-state index contributed by atoms with van der Waals surface area (Å²) in [5, 5.41) is 12.0. The summed E-state index contributed by atoms with van der Waals surface area (Å²) in [5.74, 6) is 0.610. The maximum Gasteiger partial charge on any atom is 0.148 e. The molecule has 0 fully saturated rings. The average Bonchev–Trinajstić information content (AvgIpc) is 3.90. The third kappa shape index (κ3) is 9.47. The topological polar surface area (TPSA) is 50.9 Å². The van der Waals surface area contributed by atoms with Gasteiger partial charge < -0.3 is 5.11 Å². The zero-order valence-corrected chi connectivity index (χ0v) is 41.1. The molecule has 0 atom stereocenters. The molecule has 0 unspecified atom stereocenters. The molecule has 9 rings (SSSR count). The van der Waals surface area contributed by atoms with Gasteiger partial charge in [0.05, 0.1) is 27.8 Å². The van der Waals surface area contributed by atoms with Crippen LogP contribution < -0.4 is 0 Å². The molecule has 9 aromatic rings. The van der Waals surface area contributed by atoms with Crippen molar-refractivity contribution < 1.29 is 44.0 Å². The van der Waals surface area contributed by atoms with E-state index in [0.29, 0.717) is 44.9 Å². The summed E-state index contributed by atoms with van der Waals surface area (Å²) in [7, 11) is 0. The molecule has 7 aromatic carbocycles. The second-order valence-electron chi connectivity index (χ2n) is 19.2. The molecule has 0 amide bonds. The van der Waals surface area contributed by atoms with Crippen LogP contribution >= 0.6 is 0 Å². The number of fused-ring (bicyclic) bond motifs is 1. The molecular formula is C62H60N3OPt-. The molecular weight excluding hydrogens is 998 g/mol. The Bertz CT molecular complexity index is 3780. The third-order valence-corrected chi connectivity index (χ3v) is 12.1. The number of phenols is 1. The Hall–Kier alpha value is -6.35. The number of para-hydroxylation sites is 1. The average molecular weight is 1070 g/mol. The van der Waals surface area contributed by atoms with Crippen molar-refractivity contribution in [1.82, 2.24) is 14.5 Å². The minimum Gasteiger partial charge on any atom is -0.507 e. The zero-order chi connectivity index (χ0) is 57.7. The van der Waals surface area contributed by atoms with Crippen molar-refractivity contribution in [2.75, 3.05) is 0 Å². The van der Waals surface area contributed by atoms with Crippen molar-refractivity contribution in [3.63, 3.8) is 0 Å². The first kappa shape index (κ1) is 33.2. The first-order valence-corrected chi connectivity index (χ1v) is 22.0. The minimum atomic E-state index is -3.82. The Labute approximate surface area is 430 Å². The van der Waals surface area contributed by atoms with Gasteiger partial charge in [-0.3, -0.25) is 9.55 Å². The van der Waals surface area contributed by atoms with Crippen LogP contribution in [0.1, 0.15) is 108 Å². The number of aryl methyl sites for hydroxylation is 2.